The summed E-state index contributed by atoms with van der Waals surface area (Å²) in [5, 5.41) is 0. The first kappa shape index (κ1) is 54.5. The number of hydrogen-bond acceptors (Lipinski definition) is 7. The van der Waals surface area contributed by atoms with Crippen molar-refractivity contribution in [2.45, 2.75) is 168 Å². The third-order valence-electron chi connectivity index (χ3n) is 8.97. The van der Waals surface area contributed by atoms with Gasteiger partial charge in [-0.05, 0) is 77.0 Å². The van der Waals surface area contributed by atoms with Crippen LogP contribution < -0.4 is 0 Å². The molecule has 57 heavy (non-hydrogen) atoms. The summed E-state index contributed by atoms with van der Waals surface area (Å²) >= 11 is 0. The van der Waals surface area contributed by atoms with Gasteiger partial charge in [0.25, 0.3) is 0 Å². The molecule has 0 bridgehead atoms. The van der Waals surface area contributed by atoms with Gasteiger partial charge in [0.05, 0.1) is 27.7 Å². The summed E-state index contributed by atoms with van der Waals surface area (Å²) in [6, 6.07) is 0. The summed E-state index contributed by atoms with van der Waals surface area (Å²) in [7, 11) is 1.42. The molecule has 2 atom stereocenters. The average molecular weight is 821 g/mol. The number of carbonyl (C=O) groups is 2. The molecule has 0 saturated heterocycles. The third kappa shape index (κ3) is 42.9. The lowest BCUT2D eigenvalue weighted by atomic mass is 10.1. The Kier molecular flexibility index (Phi) is 37.2. The van der Waals surface area contributed by atoms with Crippen molar-refractivity contribution in [2.24, 2.45) is 0 Å². The number of phosphoric acid groups is 1. The number of phosphoric ester groups is 1. The van der Waals surface area contributed by atoms with Gasteiger partial charge >= 0.3 is 19.8 Å². The maximum Gasteiger partial charge on any atom is 0.472 e. The van der Waals surface area contributed by atoms with Gasteiger partial charge in [-0.25, -0.2) is 4.57 Å². The molecule has 0 aromatic heterocycles. The average Bonchev–Trinajstić information content (AvgIpc) is 3.16. The van der Waals surface area contributed by atoms with Gasteiger partial charge in [-0.1, -0.05) is 145 Å². The van der Waals surface area contributed by atoms with Gasteiger partial charge in [0, 0.05) is 12.8 Å². The molecule has 0 aliphatic heterocycles. The Labute approximate surface area is 348 Å². The van der Waals surface area contributed by atoms with E-state index in [1.165, 1.54) is 64.2 Å². The first-order valence-electron chi connectivity index (χ1n) is 22.2. The van der Waals surface area contributed by atoms with Gasteiger partial charge in [0.1, 0.15) is 19.8 Å². The topological polar surface area (TPSA) is 108 Å². The zero-order valence-corrected chi connectivity index (χ0v) is 37.7. The molecule has 328 valence electrons. The van der Waals surface area contributed by atoms with Crippen LogP contribution in [0.5, 0.6) is 0 Å². The largest absolute Gasteiger partial charge is 0.472 e. The second-order valence-corrected chi connectivity index (χ2v) is 17.2. The lowest BCUT2D eigenvalue weighted by molar-refractivity contribution is -0.870. The summed E-state index contributed by atoms with van der Waals surface area (Å²) < 4.78 is 34.2. The maximum absolute atomic E-state index is 12.7. The fourth-order valence-corrected chi connectivity index (χ4v) is 6.20. The summed E-state index contributed by atoms with van der Waals surface area (Å²) in [5.74, 6) is -0.911. The molecule has 1 N–H and O–H groups in total. The predicted octanol–water partition coefficient (Wildman–Crippen LogP) is 12.6. The van der Waals surface area contributed by atoms with Crippen molar-refractivity contribution < 1.29 is 42.1 Å². The van der Waals surface area contributed by atoms with E-state index >= 15 is 0 Å². The Bertz CT molecular complexity index is 1200. The molecule has 0 heterocycles. The Balaban J connectivity index is 4.50. The van der Waals surface area contributed by atoms with Gasteiger partial charge in [-0.2, -0.15) is 0 Å². The van der Waals surface area contributed by atoms with Gasteiger partial charge in [-0.3, -0.25) is 18.6 Å². The van der Waals surface area contributed by atoms with Gasteiger partial charge < -0.3 is 18.9 Å². The van der Waals surface area contributed by atoms with Crippen molar-refractivity contribution >= 4 is 19.8 Å². The monoisotopic (exact) mass is 821 g/mol. The van der Waals surface area contributed by atoms with Crippen LogP contribution in [0, 0.1) is 0 Å². The molecule has 0 aliphatic rings. The Hall–Kier alpha value is -2.55. The zero-order chi connectivity index (χ0) is 42.1. The molecule has 0 saturated carbocycles. The van der Waals surface area contributed by atoms with Crippen LogP contribution in [0.2, 0.25) is 0 Å². The van der Waals surface area contributed by atoms with E-state index in [9.17, 15) is 19.0 Å². The summed E-state index contributed by atoms with van der Waals surface area (Å²) in [4.78, 5) is 35.3. The fraction of sp³-hybridized carbons (Fsp3) is 0.702. The standard InChI is InChI=1S/C47H82NO8P/c1-6-8-10-12-14-16-18-20-22-23-24-25-26-28-29-31-33-35-37-39-46(49)53-43-45(44-55-57(51,52)54-42-41-48(3,4)5)56-47(50)40-38-36-34-32-30-27-21-19-17-15-13-11-9-7-2/h14,16,19-22,24-25,28-29,33,35,45H,6-13,15,17-18,23,26-27,30-32,34,36-44H2,1-5H3/p+1/b16-14+,21-19+,22-20+,25-24+,29-28+,35-33+/t45-/m0/s1. The summed E-state index contributed by atoms with van der Waals surface area (Å²) in [5.41, 5.74) is 0. The molecule has 0 aromatic carbocycles. The van der Waals surface area contributed by atoms with Crippen molar-refractivity contribution in [2.75, 3.05) is 47.5 Å². The van der Waals surface area contributed by atoms with Crippen LogP contribution >= 0.6 is 7.82 Å². The van der Waals surface area contributed by atoms with Crippen molar-refractivity contribution in [3.05, 3.63) is 72.9 Å². The normalized spacial score (nSPS) is 14.3. The van der Waals surface area contributed by atoms with Crippen molar-refractivity contribution in [3.63, 3.8) is 0 Å². The van der Waals surface area contributed by atoms with E-state index in [-0.39, 0.29) is 26.1 Å². The fourth-order valence-electron chi connectivity index (χ4n) is 5.46. The molecule has 0 aliphatic carbocycles. The van der Waals surface area contributed by atoms with Crippen LogP contribution in [0.4, 0.5) is 0 Å². The SMILES string of the molecule is CCCCC/C=C/C/C=C/C/C=C/C/C=C/C/C=C/CCC(=O)OC[C@@H](COP(=O)(O)OCC[N+](C)(C)C)OC(=O)CCCCCCC/C=C/CCCCCCC. The van der Waals surface area contributed by atoms with Crippen molar-refractivity contribution in [1.82, 2.24) is 0 Å². The highest BCUT2D eigenvalue weighted by molar-refractivity contribution is 7.47. The quantitative estimate of drug-likeness (QED) is 0.0215. The lowest BCUT2D eigenvalue weighted by Gasteiger charge is -2.24. The van der Waals surface area contributed by atoms with E-state index in [1.54, 1.807) is 0 Å². The number of esters is 2. The van der Waals surface area contributed by atoms with Gasteiger partial charge in [0.2, 0.25) is 0 Å². The number of unbranched alkanes of at least 4 members (excludes halogenated alkanes) is 13. The number of likely N-dealkylation sites (N-methyl/N-ethyl adjacent to an activating group) is 1. The number of ether oxygens (including phenoxy) is 2. The Morgan fingerprint density at radius 1 is 0.544 bits per heavy atom. The first-order chi connectivity index (χ1) is 27.5. The lowest BCUT2D eigenvalue weighted by Crippen LogP contribution is -2.37. The molecule has 10 heteroatoms. The third-order valence-corrected chi connectivity index (χ3v) is 9.96. The highest BCUT2D eigenvalue weighted by Gasteiger charge is 2.27. The van der Waals surface area contributed by atoms with Crippen molar-refractivity contribution in [3.8, 4) is 0 Å². The van der Waals surface area contributed by atoms with E-state index < -0.39 is 32.5 Å². The molecule has 1 unspecified atom stereocenters. The van der Waals surface area contributed by atoms with Crippen LogP contribution in [-0.4, -0.2) is 74.9 Å². The molecule has 0 amide bonds. The summed E-state index contributed by atoms with van der Waals surface area (Å²) in [6.45, 7) is 4.27. The van der Waals surface area contributed by atoms with E-state index in [0.29, 0.717) is 23.9 Å². The van der Waals surface area contributed by atoms with Crippen molar-refractivity contribution in [1.29, 1.82) is 0 Å². The van der Waals surface area contributed by atoms with Gasteiger partial charge in [0.15, 0.2) is 6.10 Å². The van der Waals surface area contributed by atoms with Crippen LogP contribution in [0.3, 0.4) is 0 Å². The maximum atomic E-state index is 12.7. The minimum atomic E-state index is -4.40. The molecule has 0 aromatic rings. The highest BCUT2D eigenvalue weighted by atomic mass is 31.2. The van der Waals surface area contributed by atoms with E-state index in [2.05, 4.69) is 74.6 Å². The number of nitrogens with zero attached hydrogens (tertiary/aromatic N) is 1. The molecule has 0 radical (unpaired) electrons. The Morgan fingerprint density at radius 2 is 0.982 bits per heavy atom. The minimum Gasteiger partial charge on any atom is -0.462 e. The number of quaternary nitrogens is 1. The first-order valence-corrected chi connectivity index (χ1v) is 23.7. The summed E-state index contributed by atoms with van der Waals surface area (Å²) in [6.07, 6.45) is 48.2. The van der Waals surface area contributed by atoms with Crippen LogP contribution in [0.25, 0.3) is 0 Å². The molecule has 0 fully saturated rings. The van der Waals surface area contributed by atoms with Crippen LogP contribution in [-0.2, 0) is 32.7 Å². The molecule has 9 nitrogen and oxygen atoms in total. The number of hydrogen-bond donors (Lipinski definition) is 1. The van der Waals surface area contributed by atoms with E-state index in [4.69, 9.17) is 18.5 Å². The van der Waals surface area contributed by atoms with E-state index in [1.807, 2.05) is 33.3 Å². The minimum absolute atomic E-state index is 0.0159. The second-order valence-electron chi connectivity index (χ2n) is 15.7. The smallest absolute Gasteiger partial charge is 0.462 e. The van der Waals surface area contributed by atoms with E-state index in [0.717, 1.165) is 57.8 Å². The number of rotatable bonds is 39. The Morgan fingerprint density at radius 3 is 1.53 bits per heavy atom. The molecule has 0 spiro atoms. The number of carbonyl (C=O) groups excluding carboxylic acids is 2. The van der Waals surface area contributed by atoms with Crippen LogP contribution in [0.15, 0.2) is 72.9 Å². The predicted molar refractivity (Wildman–Crippen MR) is 238 cm³/mol. The highest BCUT2D eigenvalue weighted by Crippen LogP contribution is 2.43. The van der Waals surface area contributed by atoms with Crippen LogP contribution in [0.1, 0.15) is 162 Å². The molecular weight excluding hydrogens is 737 g/mol. The zero-order valence-electron chi connectivity index (χ0n) is 36.8. The molecule has 0 rings (SSSR count). The van der Waals surface area contributed by atoms with Gasteiger partial charge in [-0.15, -0.1) is 0 Å². The second kappa shape index (κ2) is 38.9. The number of allylic oxidation sites excluding steroid dienone is 12. The molecular formula is C47H83NO8P+.